The molecule has 2 rings (SSSR count). The van der Waals surface area contributed by atoms with Crippen LogP contribution in [0.25, 0.3) is 0 Å². The topological polar surface area (TPSA) is 117 Å². The number of halogens is 1. The van der Waals surface area contributed by atoms with Gasteiger partial charge in [-0.2, -0.15) is 4.72 Å². The van der Waals surface area contributed by atoms with E-state index in [0.717, 1.165) is 12.1 Å². The summed E-state index contributed by atoms with van der Waals surface area (Å²) in [6.45, 7) is 2.72. The van der Waals surface area contributed by atoms with Gasteiger partial charge in [0.05, 0.1) is 35.2 Å². The molecule has 0 radical (unpaired) electrons. The number of nitro groups is 1. The Morgan fingerprint density at radius 1 is 1.16 bits per heavy atom. The fourth-order valence-electron chi connectivity index (χ4n) is 2.62. The molecule has 0 fully saturated rings. The van der Waals surface area contributed by atoms with Crippen LogP contribution in [0.15, 0.2) is 70.1 Å². The summed E-state index contributed by atoms with van der Waals surface area (Å²) in [6, 6.07) is 13.0. The van der Waals surface area contributed by atoms with Crippen molar-refractivity contribution in [3.05, 3.63) is 80.8 Å². The largest absolute Gasteiger partial charge is 0.382 e. The minimum Gasteiger partial charge on any atom is -0.382 e. The van der Waals surface area contributed by atoms with Gasteiger partial charge in [-0.1, -0.05) is 46.3 Å². The fraction of sp³-hybridized carbons (Fsp3) is 0.333. The van der Waals surface area contributed by atoms with Gasteiger partial charge in [-0.3, -0.25) is 10.1 Å². The number of rotatable bonds is 13. The molecule has 0 amide bonds. The van der Waals surface area contributed by atoms with Crippen molar-refractivity contribution in [3.63, 3.8) is 0 Å². The van der Waals surface area contributed by atoms with E-state index in [2.05, 4.69) is 20.7 Å². The highest BCUT2D eigenvalue weighted by Gasteiger charge is 2.24. The van der Waals surface area contributed by atoms with E-state index < -0.39 is 21.0 Å². The first-order valence-corrected chi connectivity index (χ1v) is 11.9. The lowest BCUT2D eigenvalue weighted by Gasteiger charge is -2.20. The molecule has 0 heterocycles. The van der Waals surface area contributed by atoms with Crippen LogP contribution >= 0.6 is 15.9 Å². The van der Waals surface area contributed by atoms with Gasteiger partial charge >= 0.3 is 0 Å². The fourth-order valence-corrected chi connectivity index (χ4v) is 4.73. The van der Waals surface area contributed by atoms with Crippen molar-refractivity contribution in [2.45, 2.75) is 24.0 Å². The summed E-state index contributed by atoms with van der Waals surface area (Å²) in [5.74, 6) is 0. The highest BCUT2D eigenvalue weighted by Crippen LogP contribution is 2.29. The Hall–Kier alpha value is -2.15. The molecule has 2 atom stereocenters. The molecule has 1 N–H and O–H groups in total. The first kappa shape index (κ1) is 26.1. The Morgan fingerprint density at radius 2 is 1.81 bits per heavy atom. The molecular formula is C21H25BrN2O7S. The van der Waals surface area contributed by atoms with E-state index in [1.807, 2.05) is 6.07 Å². The van der Waals surface area contributed by atoms with Crippen molar-refractivity contribution in [3.8, 4) is 0 Å². The van der Waals surface area contributed by atoms with E-state index in [1.165, 1.54) is 12.1 Å². The third-order valence-electron chi connectivity index (χ3n) is 4.28. The Balaban J connectivity index is 2.21. The third-order valence-corrected chi connectivity index (χ3v) is 6.44. The Morgan fingerprint density at radius 3 is 2.41 bits per heavy atom. The Bertz CT molecular complexity index is 999. The number of non-ortho nitro benzene ring substituents is 1. The van der Waals surface area contributed by atoms with Crippen molar-refractivity contribution in [1.82, 2.24) is 4.72 Å². The van der Waals surface area contributed by atoms with Crippen LogP contribution in [0.2, 0.25) is 0 Å². The molecular weight excluding hydrogens is 504 g/mol. The van der Waals surface area contributed by atoms with Crippen LogP contribution in [0, 0.1) is 10.1 Å². The van der Waals surface area contributed by atoms with E-state index >= 15 is 0 Å². The van der Waals surface area contributed by atoms with Gasteiger partial charge in [-0.05, 0) is 30.7 Å². The molecule has 0 bridgehead atoms. The van der Waals surface area contributed by atoms with Crippen molar-refractivity contribution in [2.24, 2.45) is 0 Å². The van der Waals surface area contributed by atoms with Crippen LogP contribution in [0.4, 0.5) is 5.69 Å². The van der Waals surface area contributed by atoms with Crippen molar-refractivity contribution in [2.75, 3.05) is 27.1 Å². The van der Waals surface area contributed by atoms with Gasteiger partial charge in [0.15, 0.2) is 0 Å². The van der Waals surface area contributed by atoms with Crippen molar-refractivity contribution < 1.29 is 27.6 Å². The number of methoxy groups -OCH3 is 1. The molecule has 0 spiro atoms. The van der Waals surface area contributed by atoms with Gasteiger partial charge in [0.1, 0.15) is 6.79 Å². The highest BCUT2D eigenvalue weighted by molar-refractivity contribution is 9.11. The second-order valence-corrected chi connectivity index (χ2v) is 9.29. The summed E-state index contributed by atoms with van der Waals surface area (Å²) in [6.07, 6.45) is 1.36. The van der Waals surface area contributed by atoms with Crippen LogP contribution in [0.1, 0.15) is 18.5 Å². The molecule has 0 aliphatic carbocycles. The first-order valence-electron chi connectivity index (χ1n) is 9.62. The zero-order valence-corrected chi connectivity index (χ0v) is 20.0. The second-order valence-electron chi connectivity index (χ2n) is 6.66. The number of sulfonamides is 1. The molecule has 2 aromatic rings. The third kappa shape index (κ3) is 8.08. The number of nitrogens with one attached hydrogen (secondary N) is 1. The average molecular weight is 529 g/mol. The van der Waals surface area contributed by atoms with Gasteiger partial charge in [0.25, 0.3) is 5.69 Å². The normalized spacial score (nSPS) is 14.2. The van der Waals surface area contributed by atoms with E-state index in [1.54, 1.807) is 44.4 Å². The predicted octanol–water partition coefficient (Wildman–Crippen LogP) is 3.92. The summed E-state index contributed by atoms with van der Waals surface area (Å²) in [4.78, 5) is 10.2. The molecule has 32 heavy (non-hydrogen) atoms. The number of ether oxygens (including phenoxy) is 3. The highest BCUT2D eigenvalue weighted by atomic mass is 79.9. The van der Waals surface area contributed by atoms with Crippen LogP contribution < -0.4 is 4.72 Å². The van der Waals surface area contributed by atoms with Gasteiger partial charge in [0, 0.05) is 23.7 Å². The van der Waals surface area contributed by atoms with Gasteiger partial charge < -0.3 is 14.2 Å². The SMILES string of the molecule is COCCOCO[C@@H](C)/C=C(/Br)[C@@H](NS(=O)(=O)c1ccc([N+](=O)[O-])cc1)c1ccccc1. The zero-order chi connectivity index (χ0) is 23.6. The Labute approximate surface area is 195 Å². The van der Waals surface area contributed by atoms with Gasteiger partial charge in [-0.25, -0.2) is 8.42 Å². The van der Waals surface area contributed by atoms with Crippen LogP contribution in [-0.4, -0.2) is 46.6 Å². The number of benzene rings is 2. The minimum atomic E-state index is -3.98. The summed E-state index contributed by atoms with van der Waals surface area (Å²) < 4.78 is 44.9. The molecule has 11 heteroatoms. The van der Waals surface area contributed by atoms with E-state index in [4.69, 9.17) is 14.2 Å². The lowest BCUT2D eigenvalue weighted by Crippen LogP contribution is -2.29. The minimum absolute atomic E-state index is 0.0613. The number of hydrogen-bond acceptors (Lipinski definition) is 7. The molecule has 0 saturated heterocycles. The molecule has 0 aliphatic heterocycles. The molecule has 0 aromatic heterocycles. The smallest absolute Gasteiger partial charge is 0.269 e. The molecule has 174 valence electrons. The second kappa shape index (κ2) is 12.8. The molecule has 0 aliphatic rings. The Kier molecular flexibility index (Phi) is 10.4. The van der Waals surface area contributed by atoms with Gasteiger partial charge in [-0.15, -0.1) is 0 Å². The van der Waals surface area contributed by atoms with Crippen molar-refractivity contribution >= 4 is 31.6 Å². The summed E-state index contributed by atoms with van der Waals surface area (Å²) in [5.41, 5.74) is 0.507. The first-order chi connectivity index (χ1) is 15.2. The van der Waals surface area contributed by atoms with E-state index in [-0.39, 0.29) is 23.5 Å². The number of nitrogens with zero attached hydrogens (tertiary/aromatic N) is 1. The molecule has 0 unspecified atom stereocenters. The average Bonchev–Trinajstić information content (AvgIpc) is 2.78. The quantitative estimate of drug-likeness (QED) is 0.181. The summed E-state index contributed by atoms with van der Waals surface area (Å²) >= 11 is 3.48. The van der Waals surface area contributed by atoms with E-state index in [0.29, 0.717) is 23.3 Å². The summed E-state index contributed by atoms with van der Waals surface area (Å²) in [7, 11) is -2.40. The van der Waals surface area contributed by atoms with Crippen LogP contribution in [-0.2, 0) is 24.2 Å². The molecule has 9 nitrogen and oxygen atoms in total. The lowest BCUT2D eigenvalue weighted by molar-refractivity contribution is -0.384. The molecule has 2 aromatic carbocycles. The predicted molar refractivity (Wildman–Crippen MR) is 123 cm³/mol. The maximum Gasteiger partial charge on any atom is 0.269 e. The monoisotopic (exact) mass is 528 g/mol. The van der Waals surface area contributed by atoms with E-state index in [9.17, 15) is 18.5 Å². The van der Waals surface area contributed by atoms with Crippen LogP contribution in [0.5, 0.6) is 0 Å². The number of nitro benzene ring substituents is 1. The molecule has 0 saturated carbocycles. The van der Waals surface area contributed by atoms with Gasteiger partial charge in [0.2, 0.25) is 10.0 Å². The maximum atomic E-state index is 13.0. The number of hydrogen-bond donors (Lipinski definition) is 1. The standard InChI is InChI=1S/C21H25BrN2O7S/c1-16(31-15-30-13-12-29-2)14-20(22)21(17-6-4-3-5-7-17)23-32(27,28)19-10-8-18(9-11-19)24(25)26/h3-11,14,16,21,23H,12-13,15H2,1-2H3/b20-14+/t16-,21-/m0/s1. The zero-order valence-electron chi connectivity index (χ0n) is 17.6. The summed E-state index contributed by atoms with van der Waals surface area (Å²) in [5, 5.41) is 10.8. The van der Waals surface area contributed by atoms with Crippen LogP contribution in [0.3, 0.4) is 0 Å². The lowest BCUT2D eigenvalue weighted by atomic mass is 10.1. The van der Waals surface area contributed by atoms with Crippen molar-refractivity contribution in [1.29, 1.82) is 0 Å². The maximum absolute atomic E-state index is 13.0.